The molecule has 0 unspecified atom stereocenters. The van der Waals surface area contributed by atoms with E-state index >= 15 is 0 Å². The molecule has 27 heavy (non-hydrogen) atoms. The van der Waals surface area contributed by atoms with Gasteiger partial charge in [-0.25, -0.2) is 0 Å². The fraction of sp³-hybridized carbons (Fsp3) is 0.440. The molecule has 0 aliphatic heterocycles. The second kappa shape index (κ2) is 11.8. The Morgan fingerprint density at radius 2 is 1.33 bits per heavy atom. The molecule has 1 nitrogen and oxygen atoms in total. The minimum absolute atomic E-state index is 0.0164. The fourth-order valence-corrected chi connectivity index (χ4v) is 4.66. The third kappa shape index (κ3) is 6.38. The van der Waals surface area contributed by atoms with Crippen LogP contribution in [0.3, 0.4) is 0 Å². The van der Waals surface area contributed by atoms with Crippen molar-refractivity contribution < 1.29 is 4.43 Å². The van der Waals surface area contributed by atoms with Crippen LogP contribution in [-0.2, 0) is 10.0 Å². The summed E-state index contributed by atoms with van der Waals surface area (Å²) in [6.45, 7) is 8.93. The van der Waals surface area contributed by atoms with Crippen LogP contribution in [0.25, 0.3) is 0 Å². The highest BCUT2D eigenvalue weighted by Gasteiger charge is 2.44. The van der Waals surface area contributed by atoms with Gasteiger partial charge in [0.15, 0.2) is 0 Å². The van der Waals surface area contributed by atoms with Crippen LogP contribution < -0.4 is 0 Å². The van der Waals surface area contributed by atoms with Crippen molar-refractivity contribution >= 4 is 10.5 Å². The lowest BCUT2D eigenvalue weighted by atomic mass is 9.68. The molecule has 0 amide bonds. The monoisotopic (exact) mass is 380 g/mol. The number of hydrogen-bond acceptors (Lipinski definition) is 1. The van der Waals surface area contributed by atoms with Gasteiger partial charge in [0.2, 0.25) is 0 Å². The van der Waals surface area contributed by atoms with Gasteiger partial charge < -0.3 is 4.43 Å². The highest BCUT2D eigenvalue weighted by Crippen LogP contribution is 2.47. The molecule has 0 heterocycles. The number of hydrogen-bond donors (Lipinski definition) is 0. The molecule has 146 valence electrons. The van der Waals surface area contributed by atoms with Crippen LogP contribution in [0.4, 0.5) is 0 Å². The molecule has 0 aliphatic rings. The van der Waals surface area contributed by atoms with E-state index in [9.17, 15) is 0 Å². The van der Waals surface area contributed by atoms with Crippen LogP contribution >= 0.6 is 0 Å². The summed E-state index contributed by atoms with van der Waals surface area (Å²) < 4.78 is 6.21. The summed E-state index contributed by atoms with van der Waals surface area (Å²) in [4.78, 5) is 0. The van der Waals surface area contributed by atoms with Crippen LogP contribution in [-0.4, -0.2) is 10.5 Å². The standard InChI is InChI=1S/C17H22OSi.C8H14/c1-16(2,3)17(18-19,14-10-6-4-7-11-14)15-12-8-5-9-13-15;1-3-5-7-8-6-4-2/h4-13H,1-3,19H3;1H,4-8H2,2H3. The largest absolute Gasteiger partial charge is 0.414 e. The molecule has 0 N–H and O–H groups in total. The van der Waals surface area contributed by atoms with Crippen molar-refractivity contribution in [2.24, 2.45) is 5.41 Å². The van der Waals surface area contributed by atoms with Crippen LogP contribution in [0.2, 0.25) is 0 Å². The second-order valence-electron chi connectivity index (χ2n) is 7.88. The summed E-state index contributed by atoms with van der Waals surface area (Å²) in [6.07, 6.45) is 11.2. The van der Waals surface area contributed by atoms with Gasteiger partial charge in [-0.15, -0.1) is 12.3 Å². The van der Waals surface area contributed by atoms with Gasteiger partial charge in [0.25, 0.3) is 0 Å². The number of terminal acetylenes is 1. The van der Waals surface area contributed by atoms with Crippen LogP contribution in [0.1, 0.15) is 70.9 Å². The Kier molecular flexibility index (Phi) is 10.1. The molecule has 2 aromatic carbocycles. The molecular weight excluding hydrogens is 344 g/mol. The van der Waals surface area contributed by atoms with E-state index in [0.717, 1.165) is 6.42 Å². The molecule has 0 spiro atoms. The number of unbranched alkanes of at least 4 members (excludes halogenated alkanes) is 4. The maximum atomic E-state index is 6.21. The zero-order valence-corrected chi connectivity index (χ0v) is 19.8. The molecule has 0 bridgehead atoms. The topological polar surface area (TPSA) is 9.23 Å². The Bertz CT molecular complexity index is 625. The molecule has 2 aromatic rings. The SMILES string of the molecule is C#CCCCCCC.CC(C)(C)C(O[SiH3])(c1ccccc1)c1ccccc1. The molecule has 0 atom stereocenters. The Hall–Kier alpha value is -1.82. The predicted octanol–water partition coefficient (Wildman–Crippen LogP) is 5.86. The highest BCUT2D eigenvalue weighted by molar-refractivity contribution is 5.98. The molecule has 0 saturated heterocycles. The first-order valence-electron chi connectivity index (χ1n) is 10.0. The van der Waals surface area contributed by atoms with Gasteiger partial charge in [0.1, 0.15) is 16.1 Å². The summed E-state index contributed by atoms with van der Waals surface area (Å²) in [5.41, 5.74) is 2.06. The average molecular weight is 381 g/mol. The molecule has 0 saturated carbocycles. The average Bonchev–Trinajstić information content (AvgIpc) is 2.67. The third-order valence-corrected chi connectivity index (χ3v) is 5.51. The molecule has 0 radical (unpaired) electrons. The summed E-state index contributed by atoms with van der Waals surface area (Å²) in [5.74, 6) is 2.63. The normalized spacial score (nSPS) is 11.4. The Morgan fingerprint density at radius 3 is 1.67 bits per heavy atom. The third-order valence-electron chi connectivity index (χ3n) is 4.90. The van der Waals surface area contributed by atoms with Gasteiger partial charge in [0, 0.05) is 6.42 Å². The van der Waals surface area contributed by atoms with Crippen LogP contribution in [0.5, 0.6) is 0 Å². The highest BCUT2D eigenvalue weighted by atomic mass is 28.2. The van der Waals surface area contributed by atoms with E-state index in [4.69, 9.17) is 10.8 Å². The Morgan fingerprint density at radius 1 is 0.852 bits per heavy atom. The van der Waals surface area contributed by atoms with Gasteiger partial charge in [-0.1, -0.05) is 108 Å². The quantitative estimate of drug-likeness (QED) is 0.332. The molecule has 2 rings (SSSR count). The molecular formula is C25H36OSi. The maximum Gasteiger partial charge on any atom is 0.147 e. The second-order valence-corrected chi connectivity index (χ2v) is 8.29. The zero-order chi connectivity index (χ0) is 20.2. The summed E-state index contributed by atoms with van der Waals surface area (Å²) >= 11 is 0. The zero-order valence-electron chi connectivity index (χ0n) is 17.8. The van der Waals surface area contributed by atoms with Crippen molar-refractivity contribution in [1.29, 1.82) is 0 Å². The van der Waals surface area contributed by atoms with E-state index in [1.807, 2.05) is 0 Å². The first-order valence-corrected chi connectivity index (χ1v) is 10.8. The van der Waals surface area contributed by atoms with Gasteiger partial charge in [0.05, 0.1) is 0 Å². The van der Waals surface area contributed by atoms with E-state index in [0.29, 0.717) is 10.5 Å². The molecule has 0 aromatic heterocycles. The first-order chi connectivity index (χ1) is 12.9. The summed E-state index contributed by atoms with van der Waals surface area (Å²) in [6, 6.07) is 21.1. The maximum absolute atomic E-state index is 6.21. The van der Waals surface area contributed by atoms with E-state index in [-0.39, 0.29) is 11.0 Å². The Balaban J connectivity index is 0.000000387. The number of rotatable bonds is 7. The van der Waals surface area contributed by atoms with Crippen molar-refractivity contribution in [2.45, 2.75) is 65.4 Å². The van der Waals surface area contributed by atoms with Crippen molar-refractivity contribution in [3.63, 3.8) is 0 Å². The first kappa shape index (κ1) is 23.2. The van der Waals surface area contributed by atoms with Gasteiger partial charge >= 0.3 is 0 Å². The van der Waals surface area contributed by atoms with Gasteiger partial charge in [-0.2, -0.15) is 0 Å². The summed E-state index contributed by atoms with van der Waals surface area (Å²) in [5, 5.41) is 0. The minimum atomic E-state index is -0.373. The van der Waals surface area contributed by atoms with E-state index in [1.54, 1.807) is 0 Å². The van der Waals surface area contributed by atoms with E-state index < -0.39 is 0 Å². The lowest BCUT2D eigenvalue weighted by molar-refractivity contribution is 0.00678. The Labute approximate surface area is 170 Å². The van der Waals surface area contributed by atoms with E-state index in [1.165, 1.54) is 36.8 Å². The van der Waals surface area contributed by atoms with Crippen molar-refractivity contribution in [1.82, 2.24) is 0 Å². The lowest BCUT2D eigenvalue weighted by Crippen LogP contribution is -2.43. The molecule has 2 heteroatoms. The lowest BCUT2D eigenvalue weighted by Gasteiger charge is -2.45. The number of benzene rings is 2. The van der Waals surface area contributed by atoms with Crippen molar-refractivity contribution in [3.05, 3.63) is 71.8 Å². The van der Waals surface area contributed by atoms with Crippen molar-refractivity contribution in [2.75, 3.05) is 0 Å². The summed E-state index contributed by atoms with van der Waals surface area (Å²) in [7, 11) is 0.697. The minimum Gasteiger partial charge on any atom is -0.414 e. The smallest absolute Gasteiger partial charge is 0.147 e. The van der Waals surface area contributed by atoms with E-state index in [2.05, 4.69) is 94.3 Å². The van der Waals surface area contributed by atoms with Gasteiger partial charge in [-0.3, -0.25) is 0 Å². The fourth-order valence-electron chi connectivity index (χ4n) is 3.57. The molecule has 0 aliphatic carbocycles. The predicted molar refractivity (Wildman–Crippen MR) is 122 cm³/mol. The van der Waals surface area contributed by atoms with Crippen molar-refractivity contribution in [3.8, 4) is 12.3 Å². The van der Waals surface area contributed by atoms with Gasteiger partial charge in [-0.05, 0) is 23.0 Å². The van der Waals surface area contributed by atoms with Crippen LogP contribution in [0, 0.1) is 17.8 Å². The van der Waals surface area contributed by atoms with Crippen LogP contribution in [0.15, 0.2) is 60.7 Å². The molecule has 0 fully saturated rings.